The summed E-state index contributed by atoms with van der Waals surface area (Å²) in [6.07, 6.45) is 8.50. The summed E-state index contributed by atoms with van der Waals surface area (Å²) in [5.74, 6) is -2.13. The number of thioether (sulfide) groups is 1. The van der Waals surface area contributed by atoms with E-state index in [-0.39, 0.29) is 35.0 Å². The van der Waals surface area contributed by atoms with Crippen LogP contribution in [-0.2, 0) is 25.8 Å². The first-order valence-corrected chi connectivity index (χ1v) is 14.1. The number of allylic oxidation sites excluding steroid dienone is 1. The Morgan fingerprint density at radius 3 is 2.83 bits per heavy atom. The minimum absolute atomic E-state index is 0.0353. The summed E-state index contributed by atoms with van der Waals surface area (Å²) >= 11 is 2.21. The standard InChI is InChI=1S/C23H21N11O5S2/c24-23-26-18(30-41-23)14(29-39-13-3-1-2-4-13)19(35)25-15-20(36)34-16(22(37)38)12(10-40-21(15)34)9-33-7-5-11(6-8-33)17-27-31-32-28-17/h1,3,5-8,13,15,21H,2,4,9-10H2,(H4,24,25,26,30,35,37,38)/t13?,15?,21-/m1/s1. The quantitative estimate of drug-likeness (QED) is 0.0814. The number of nitrogens with two attached hydrogens (primary N) is 1. The van der Waals surface area contributed by atoms with Crippen LogP contribution in [0.2, 0.25) is 0 Å². The molecule has 0 radical (unpaired) electrons. The molecule has 6 rings (SSSR count). The molecule has 1 fully saturated rings. The van der Waals surface area contributed by atoms with Gasteiger partial charge in [0, 0.05) is 40.6 Å². The number of carboxylic acids is 1. The van der Waals surface area contributed by atoms with Gasteiger partial charge in [-0.15, -0.1) is 22.0 Å². The number of hydrogen-bond acceptors (Lipinski definition) is 14. The lowest BCUT2D eigenvalue weighted by Crippen LogP contribution is -2.71. The zero-order valence-electron chi connectivity index (χ0n) is 21.0. The molecule has 3 aromatic rings. The smallest absolute Gasteiger partial charge is 0.278 e. The topological polar surface area (TPSA) is 221 Å². The van der Waals surface area contributed by atoms with Crippen LogP contribution in [0.4, 0.5) is 5.13 Å². The molecule has 16 nitrogen and oxygen atoms in total. The van der Waals surface area contributed by atoms with Crippen molar-refractivity contribution in [1.29, 1.82) is 0 Å². The molecule has 18 heteroatoms. The van der Waals surface area contributed by atoms with Crippen molar-refractivity contribution in [2.24, 2.45) is 5.16 Å². The lowest BCUT2D eigenvalue weighted by molar-refractivity contribution is -0.689. The van der Waals surface area contributed by atoms with Crippen molar-refractivity contribution in [3.63, 3.8) is 0 Å². The van der Waals surface area contributed by atoms with Gasteiger partial charge in [-0.1, -0.05) is 11.2 Å². The van der Waals surface area contributed by atoms with E-state index in [1.807, 2.05) is 12.2 Å². The van der Waals surface area contributed by atoms with Crippen LogP contribution in [0.25, 0.3) is 11.4 Å². The molecule has 0 bridgehead atoms. The van der Waals surface area contributed by atoms with Gasteiger partial charge in [0.25, 0.3) is 11.8 Å². The highest BCUT2D eigenvalue weighted by Gasteiger charge is 2.53. The molecule has 2 aliphatic heterocycles. The van der Waals surface area contributed by atoms with Gasteiger partial charge in [0.1, 0.15) is 17.5 Å². The largest absolute Gasteiger partial charge is 0.543 e. The number of aliphatic carboxylic acids is 1. The Bertz CT molecular complexity index is 1590. The van der Waals surface area contributed by atoms with Crippen molar-refractivity contribution < 1.29 is 28.9 Å². The van der Waals surface area contributed by atoms with Gasteiger partial charge in [-0.05, 0) is 24.1 Å². The Balaban J connectivity index is 1.18. The molecule has 5 heterocycles. The monoisotopic (exact) mass is 595 g/mol. The van der Waals surface area contributed by atoms with Gasteiger partial charge in [0.2, 0.25) is 17.4 Å². The molecule has 0 spiro atoms. The Morgan fingerprint density at radius 1 is 1.34 bits per heavy atom. The maximum absolute atomic E-state index is 13.2. The van der Waals surface area contributed by atoms with Crippen LogP contribution in [0.3, 0.4) is 0 Å². The van der Waals surface area contributed by atoms with Crippen LogP contribution in [0, 0.1) is 0 Å². The number of fused-ring (bicyclic) bond motifs is 1. The number of pyridine rings is 1. The molecular weight excluding hydrogens is 574 g/mol. The van der Waals surface area contributed by atoms with Crippen molar-refractivity contribution in [2.45, 2.75) is 36.9 Å². The maximum atomic E-state index is 13.2. The average Bonchev–Trinajstić information content (AvgIpc) is 3.76. The average molecular weight is 596 g/mol. The number of β-lactam (4-membered cyclic amide) rings is 1. The van der Waals surface area contributed by atoms with E-state index in [9.17, 15) is 19.5 Å². The minimum atomic E-state index is -1.48. The first-order chi connectivity index (χ1) is 19.9. The van der Waals surface area contributed by atoms with Gasteiger partial charge in [0.15, 0.2) is 24.1 Å². The van der Waals surface area contributed by atoms with E-state index in [1.54, 1.807) is 29.1 Å². The summed E-state index contributed by atoms with van der Waals surface area (Å²) in [6.45, 7) is 0.205. The van der Waals surface area contributed by atoms with Gasteiger partial charge in [-0.2, -0.15) is 14.6 Å². The van der Waals surface area contributed by atoms with Crippen molar-refractivity contribution in [3.8, 4) is 11.4 Å². The zero-order valence-corrected chi connectivity index (χ0v) is 22.7. The molecule has 0 saturated carbocycles. The second-order valence-electron chi connectivity index (χ2n) is 9.14. The normalized spacial score (nSPS) is 22.0. The highest BCUT2D eigenvalue weighted by Crippen LogP contribution is 2.40. The fraction of sp³-hybridized carbons (Fsp3) is 0.304. The lowest BCUT2D eigenvalue weighted by Gasteiger charge is -2.50. The number of tetrazole rings is 1. The number of carbonyl (C=O) groups excluding carboxylic acids is 3. The number of carbonyl (C=O) groups is 3. The van der Waals surface area contributed by atoms with E-state index >= 15 is 0 Å². The number of carboxylic acid groups (broad SMARTS) is 1. The van der Waals surface area contributed by atoms with E-state index in [2.05, 4.69) is 40.5 Å². The summed E-state index contributed by atoms with van der Waals surface area (Å²) < 4.78 is 5.81. The van der Waals surface area contributed by atoms with Crippen LogP contribution < -0.4 is 20.7 Å². The van der Waals surface area contributed by atoms with E-state index in [1.165, 1.54) is 11.8 Å². The third kappa shape index (κ3) is 5.25. The number of oxime groups is 1. The summed E-state index contributed by atoms with van der Waals surface area (Å²) in [5.41, 5.74) is 6.46. The molecule has 2 unspecified atom stereocenters. The number of aromatic amines is 1. The Labute approximate surface area is 239 Å². The number of nitrogens with one attached hydrogen (secondary N) is 2. The van der Waals surface area contributed by atoms with Crippen LogP contribution in [0.5, 0.6) is 0 Å². The second-order valence-corrected chi connectivity index (χ2v) is 11.0. The molecule has 2 amide bonds. The summed E-state index contributed by atoms with van der Waals surface area (Å²) in [7, 11) is 0. The molecule has 210 valence electrons. The second kappa shape index (κ2) is 11.0. The number of nitrogen functional groups attached to an aromatic ring is 1. The van der Waals surface area contributed by atoms with Gasteiger partial charge in [-0.3, -0.25) is 14.5 Å². The fourth-order valence-corrected chi connectivity index (χ4v) is 6.32. The first kappa shape index (κ1) is 26.5. The zero-order chi connectivity index (χ0) is 28.5. The Morgan fingerprint density at radius 2 is 2.17 bits per heavy atom. The Hall–Kier alpha value is -4.71. The van der Waals surface area contributed by atoms with Crippen molar-refractivity contribution >= 4 is 51.9 Å². The van der Waals surface area contributed by atoms with Crippen molar-refractivity contribution in [3.05, 3.63) is 53.8 Å². The van der Waals surface area contributed by atoms with E-state index < -0.39 is 29.2 Å². The molecule has 3 aromatic heterocycles. The number of aromatic nitrogens is 7. The highest BCUT2D eigenvalue weighted by molar-refractivity contribution is 8.00. The van der Waals surface area contributed by atoms with Crippen LogP contribution in [0.15, 0.2) is 53.1 Å². The van der Waals surface area contributed by atoms with Crippen LogP contribution in [-0.4, -0.2) is 81.6 Å². The third-order valence-corrected chi connectivity index (χ3v) is 8.39. The minimum Gasteiger partial charge on any atom is -0.543 e. The number of hydrogen-bond donors (Lipinski definition) is 3. The molecular formula is C23H21N11O5S2. The Kier molecular flexibility index (Phi) is 7.14. The number of amides is 2. The first-order valence-electron chi connectivity index (χ1n) is 12.3. The highest BCUT2D eigenvalue weighted by atomic mass is 32.2. The van der Waals surface area contributed by atoms with Gasteiger partial charge < -0.3 is 25.8 Å². The molecule has 1 saturated heterocycles. The van der Waals surface area contributed by atoms with E-state index in [0.717, 1.165) is 28.4 Å². The van der Waals surface area contributed by atoms with E-state index in [4.69, 9.17) is 10.6 Å². The maximum Gasteiger partial charge on any atom is 0.278 e. The molecule has 0 aromatic carbocycles. The molecule has 1 aliphatic carbocycles. The summed E-state index contributed by atoms with van der Waals surface area (Å²) in [4.78, 5) is 49.2. The molecule has 4 N–H and O–H groups in total. The third-order valence-electron chi connectivity index (χ3n) is 6.51. The van der Waals surface area contributed by atoms with E-state index in [0.29, 0.717) is 23.6 Å². The van der Waals surface area contributed by atoms with Crippen LogP contribution in [0.1, 0.15) is 18.7 Å². The number of rotatable bonds is 9. The van der Waals surface area contributed by atoms with Crippen molar-refractivity contribution in [2.75, 3.05) is 11.5 Å². The lowest BCUT2D eigenvalue weighted by atomic mass is 10.0. The fourth-order valence-electron chi connectivity index (χ4n) is 4.55. The summed E-state index contributed by atoms with van der Waals surface area (Å²) in [6, 6.07) is 2.53. The predicted molar refractivity (Wildman–Crippen MR) is 141 cm³/mol. The van der Waals surface area contributed by atoms with Gasteiger partial charge >= 0.3 is 0 Å². The predicted octanol–water partition coefficient (Wildman–Crippen LogP) is -1.87. The van der Waals surface area contributed by atoms with Gasteiger partial charge in [-0.25, -0.2) is 4.57 Å². The molecule has 41 heavy (non-hydrogen) atoms. The summed E-state index contributed by atoms with van der Waals surface area (Å²) in [5, 5.41) is 32.0. The van der Waals surface area contributed by atoms with Crippen LogP contribution >= 0.6 is 23.3 Å². The van der Waals surface area contributed by atoms with Crippen molar-refractivity contribution in [1.82, 2.24) is 40.2 Å². The number of nitrogens with zero attached hydrogens (tertiary/aromatic N) is 8. The SMILES string of the molecule is Nc1nc(C(=NOC2C=CCC2)C(=O)NC2C(=O)N3C(C(=O)[O-])=C(C[n+]4ccc(-c5nn[nH]n5)cc4)CS[C@H]23)ns1. The molecule has 3 aliphatic rings. The molecule has 3 atom stereocenters. The number of H-pyrrole nitrogens is 1. The number of anilines is 1. The van der Waals surface area contributed by atoms with Gasteiger partial charge in [0.05, 0.1) is 11.7 Å².